The molecule has 0 heterocycles. The van der Waals surface area contributed by atoms with Crippen molar-refractivity contribution < 1.29 is 9.53 Å². The lowest BCUT2D eigenvalue weighted by Crippen LogP contribution is -2.31. The number of rotatable bonds is 11. The minimum absolute atomic E-state index is 0.236. The van der Waals surface area contributed by atoms with E-state index in [1.807, 2.05) is 81.4 Å². The molecule has 30 heavy (non-hydrogen) atoms. The van der Waals surface area contributed by atoms with E-state index < -0.39 is 11.6 Å². The van der Waals surface area contributed by atoms with E-state index in [9.17, 15) is 4.79 Å². The summed E-state index contributed by atoms with van der Waals surface area (Å²) in [6.45, 7) is 7.95. The number of esters is 1. The van der Waals surface area contributed by atoms with E-state index in [4.69, 9.17) is 9.73 Å². The minimum Gasteiger partial charge on any atom is -0.458 e. The van der Waals surface area contributed by atoms with Crippen LogP contribution in [0.15, 0.2) is 65.7 Å². The highest BCUT2D eigenvalue weighted by Crippen LogP contribution is 2.19. The lowest BCUT2D eigenvalue weighted by Gasteiger charge is -2.23. The van der Waals surface area contributed by atoms with Crippen LogP contribution in [0.5, 0.6) is 0 Å². The molecule has 0 aliphatic heterocycles. The normalized spacial score (nSPS) is 12.3. The second-order valence-corrected chi connectivity index (χ2v) is 8.82. The first-order valence-corrected chi connectivity index (χ1v) is 11.3. The molecule has 0 N–H and O–H groups in total. The molecular formula is C27H37NO2. The van der Waals surface area contributed by atoms with Gasteiger partial charge in [-0.2, -0.15) is 0 Å². The Balaban J connectivity index is 2.27. The zero-order valence-electron chi connectivity index (χ0n) is 19.1. The third-order valence-corrected chi connectivity index (χ3v) is 4.89. The van der Waals surface area contributed by atoms with Crippen LogP contribution in [-0.2, 0) is 9.53 Å². The van der Waals surface area contributed by atoms with E-state index in [-0.39, 0.29) is 5.97 Å². The molecule has 0 aromatic heterocycles. The maximum absolute atomic E-state index is 13.0. The summed E-state index contributed by atoms with van der Waals surface area (Å²) >= 11 is 0. The number of benzene rings is 2. The molecule has 0 aliphatic rings. The van der Waals surface area contributed by atoms with E-state index in [1.165, 1.54) is 25.7 Å². The van der Waals surface area contributed by atoms with Crippen molar-refractivity contribution >= 4 is 11.7 Å². The summed E-state index contributed by atoms with van der Waals surface area (Å²) in [6.07, 6.45) is 7.81. The molecule has 3 heteroatoms. The Hall–Kier alpha value is -2.42. The van der Waals surface area contributed by atoms with Gasteiger partial charge in [0.15, 0.2) is 0 Å². The van der Waals surface area contributed by atoms with Gasteiger partial charge in [0.05, 0.1) is 5.71 Å². The van der Waals surface area contributed by atoms with E-state index in [0.717, 1.165) is 29.7 Å². The number of carbonyl (C=O) groups excluding carboxylic acids is 1. The van der Waals surface area contributed by atoms with Crippen molar-refractivity contribution in [3.05, 3.63) is 71.8 Å². The number of ether oxygens (including phenoxy) is 1. The fourth-order valence-electron chi connectivity index (χ4n) is 3.39. The van der Waals surface area contributed by atoms with Gasteiger partial charge in [0, 0.05) is 11.1 Å². The minimum atomic E-state index is -0.522. The summed E-state index contributed by atoms with van der Waals surface area (Å²) in [6, 6.07) is 19.7. The van der Waals surface area contributed by atoms with Crippen LogP contribution in [0.1, 0.15) is 83.8 Å². The summed E-state index contributed by atoms with van der Waals surface area (Å²) in [7, 11) is 0. The standard InChI is InChI=1S/C27H37NO2/c1-5-6-7-8-9-16-21-24(26(29)30-27(2,3)4)28-25(22-17-12-10-13-18-22)23-19-14-11-15-20-23/h10-15,17-20,24H,5-9,16,21H2,1-4H3. The smallest absolute Gasteiger partial charge is 0.331 e. The Bertz CT molecular complexity index is 734. The third-order valence-electron chi connectivity index (χ3n) is 4.89. The zero-order chi connectivity index (χ0) is 21.8. The van der Waals surface area contributed by atoms with Crippen LogP contribution in [0.2, 0.25) is 0 Å². The molecule has 162 valence electrons. The van der Waals surface area contributed by atoms with Crippen LogP contribution >= 0.6 is 0 Å². The quantitative estimate of drug-likeness (QED) is 0.229. The molecule has 0 saturated carbocycles. The maximum Gasteiger partial charge on any atom is 0.331 e. The second kappa shape index (κ2) is 12.3. The van der Waals surface area contributed by atoms with Crippen molar-refractivity contribution in [1.29, 1.82) is 0 Å². The van der Waals surface area contributed by atoms with Crippen LogP contribution in [0.3, 0.4) is 0 Å². The Morgan fingerprint density at radius 2 is 1.33 bits per heavy atom. The average molecular weight is 408 g/mol. The Labute approximate surface area is 182 Å². The molecule has 3 nitrogen and oxygen atoms in total. The van der Waals surface area contributed by atoms with Gasteiger partial charge < -0.3 is 4.74 Å². The average Bonchev–Trinajstić information content (AvgIpc) is 2.72. The van der Waals surface area contributed by atoms with E-state index in [0.29, 0.717) is 6.42 Å². The largest absolute Gasteiger partial charge is 0.458 e. The monoisotopic (exact) mass is 407 g/mol. The van der Waals surface area contributed by atoms with Crippen LogP contribution < -0.4 is 0 Å². The SMILES string of the molecule is CCCCCCCCC(N=C(c1ccccc1)c1ccccc1)C(=O)OC(C)(C)C. The van der Waals surface area contributed by atoms with E-state index >= 15 is 0 Å². The van der Waals surface area contributed by atoms with Gasteiger partial charge >= 0.3 is 5.97 Å². The molecule has 0 spiro atoms. The number of hydrogen-bond donors (Lipinski definition) is 0. The molecule has 1 unspecified atom stereocenters. The first-order valence-electron chi connectivity index (χ1n) is 11.3. The van der Waals surface area contributed by atoms with Crippen LogP contribution in [-0.4, -0.2) is 23.3 Å². The van der Waals surface area contributed by atoms with E-state index in [2.05, 4.69) is 6.92 Å². The summed E-state index contributed by atoms with van der Waals surface area (Å²) in [5.41, 5.74) is 2.35. The van der Waals surface area contributed by atoms with Gasteiger partial charge in [0.2, 0.25) is 0 Å². The summed E-state index contributed by atoms with van der Waals surface area (Å²) in [5.74, 6) is -0.236. The van der Waals surface area contributed by atoms with Crippen molar-refractivity contribution in [2.75, 3.05) is 0 Å². The number of carbonyl (C=O) groups is 1. The Kier molecular flexibility index (Phi) is 9.79. The molecule has 2 aromatic carbocycles. The van der Waals surface area contributed by atoms with Gasteiger partial charge in [-0.05, 0) is 27.2 Å². The zero-order valence-corrected chi connectivity index (χ0v) is 19.1. The van der Waals surface area contributed by atoms with Crippen molar-refractivity contribution in [2.45, 2.75) is 84.3 Å². The predicted octanol–water partition coefficient (Wildman–Crippen LogP) is 6.98. The maximum atomic E-state index is 13.0. The topological polar surface area (TPSA) is 38.7 Å². The molecule has 0 amide bonds. The molecule has 0 aliphatic carbocycles. The van der Waals surface area contributed by atoms with Crippen LogP contribution in [0, 0.1) is 0 Å². The first-order chi connectivity index (χ1) is 14.4. The number of hydrogen-bond acceptors (Lipinski definition) is 3. The van der Waals surface area contributed by atoms with Gasteiger partial charge in [-0.25, -0.2) is 4.79 Å². The Morgan fingerprint density at radius 1 is 0.833 bits per heavy atom. The lowest BCUT2D eigenvalue weighted by molar-refractivity contribution is -0.156. The predicted molar refractivity (Wildman–Crippen MR) is 126 cm³/mol. The van der Waals surface area contributed by atoms with Crippen LogP contribution in [0.25, 0.3) is 0 Å². The second-order valence-electron chi connectivity index (χ2n) is 8.82. The van der Waals surface area contributed by atoms with Crippen molar-refractivity contribution in [3.8, 4) is 0 Å². The molecular weight excluding hydrogens is 370 g/mol. The van der Waals surface area contributed by atoms with Crippen molar-refractivity contribution in [1.82, 2.24) is 0 Å². The molecule has 0 bridgehead atoms. The molecule has 2 rings (SSSR count). The van der Waals surface area contributed by atoms with Gasteiger partial charge in [-0.1, -0.05) is 106 Å². The Morgan fingerprint density at radius 3 is 1.83 bits per heavy atom. The fraction of sp³-hybridized carbons (Fsp3) is 0.481. The van der Waals surface area contributed by atoms with Gasteiger partial charge in [-0.3, -0.25) is 4.99 Å². The first kappa shape index (κ1) is 23.9. The number of unbranched alkanes of at least 4 members (excludes halogenated alkanes) is 5. The fourth-order valence-corrected chi connectivity index (χ4v) is 3.39. The number of nitrogens with zero attached hydrogens (tertiary/aromatic N) is 1. The van der Waals surface area contributed by atoms with Crippen molar-refractivity contribution in [2.24, 2.45) is 4.99 Å². The molecule has 0 radical (unpaired) electrons. The molecule has 0 fully saturated rings. The highest BCUT2D eigenvalue weighted by molar-refractivity contribution is 6.13. The van der Waals surface area contributed by atoms with E-state index in [1.54, 1.807) is 0 Å². The summed E-state index contributed by atoms with van der Waals surface area (Å²) < 4.78 is 5.72. The number of aliphatic imine (C=N–C) groups is 1. The lowest BCUT2D eigenvalue weighted by atomic mass is 10.0. The summed E-state index contributed by atoms with van der Waals surface area (Å²) in [4.78, 5) is 18.0. The van der Waals surface area contributed by atoms with Crippen molar-refractivity contribution in [3.63, 3.8) is 0 Å². The van der Waals surface area contributed by atoms with Gasteiger partial charge in [-0.15, -0.1) is 0 Å². The molecule has 1 atom stereocenters. The highest BCUT2D eigenvalue weighted by atomic mass is 16.6. The summed E-state index contributed by atoms with van der Waals surface area (Å²) in [5, 5.41) is 0. The van der Waals surface area contributed by atoms with Gasteiger partial charge in [0.1, 0.15) is 11.6 Å². The molecule has 2 aromatic rings. The van der Waals surface area contributed by atoms with Gasteiger partial charge in [0.25, 0.3) is 0 Å². The van der Waals surface area contributed by atoms with Crippen LogP contribution in [0.4, 0.5) is 0 Å². The third kappa shape index (κ3) is 8.52. The highest BCUT2D eigenvalue weighted by Gasteiger charge is 2.25. The molecule has 0 saturated heterocycles.